The number of nitrogen functional groups attached to an aromatic ring is 1. The van der Waals surface area contributed by atoms with E-state index in [1.54, 1.807) is 0 Å². The molecule has 1 aliphatic rings. The van der Waals surface area contributed by atoms with Gasteiger partial charge < -0.3 is 16.3 Å². The van der Waals surface area contributed by atoms with E-state index in [-0.39, 0.29) is 5.56 Å². The molecule has 0 saturated carbocycles. The number of nitrogens with two attached hydrogens (primary N) is 1. The summed E-state index contributed by atoms with van der Waals surface area (Å²) in [6.07, 6.45) is 4.87. The zero-order valence-electron chi connectivity index (χ0n) is 9.52. The van der Waals surface area contributed by atoms with Gasteiger partial charge in [-0.2, -0.15) is 0 Å². The topological polar surface area (TPSA) is 91.5 Å². The van der Waals surface area contributed by atoms with Gasteiger partial charge in [0.1, 0.15) is 0 Å². The number of carboxylic acids is 1. The van der Waals surface area contributed by atoms with Crippen LogP contribution in [-0.4, -0.2) is 34.2 Å². The van der Waals surface area contributed by atoms with Crippen molar-refractivity contribution in [1.29, 1.82) is 0 Å². The highest BCUT2D eigenvalue weighted by Crippen LogP contribution is 2.18. The maximum absolute atomic E-state index is 10.7. The number of nitrogens with one attached hydrogen (secondary N) is 1. The van der Waals surface area contributed by atoms with Crippen LogP contribution in [0, 0.1) is 0 Å². The molecule has 0 bridgehead atoms. The van der Waals surface area contributed by atoms with Crippen molar-refractivity contribution in [3.63, 3.8) is 0 Å². The molecule has 0 aromatic carbocycles. The Labute approximate surface area is 99.4 Å². The Morgan fingerprint density at radius 2 is 2.12 bits per heavy atom. The first kappa shape index (κ1) is 11.7. The van der Waals surface area contributed by atoms with Crippen molar-refractivity contribution >= 4 is 17.5 Å². The molecule has 0 unspecified atom stereocenters. The Morgan fingerprint density at radius 3 is 2.71 bits per heavy atom. The standard InChI is InChI=1S/C11H16N4O2/c12-9-6-8(11(16)17)7-13-10(9)14-15-4-2-1-3-5-15/h6-7H,1-5,12H2,(H,13,14)(H,16,17). The lowest BCUT2D eigenvalue weighted by molar-refractivity contribution is 0.0696. The quantitative estimate of drug-likeness (QED) is 0.729. The minimum absolute atomic E-state index is 0.103. The van der Waals surface area contributed by atoms with Crippen LogP contribution in [0.3, 0.4) is 0 Å². The number of pyridine rings is 1. The van der Waals surface area contributed by atoms with Crippen molar-refractivity contribution in [2.75, 3.05) is 24.2 Å². The van der Waals surface area contributed by atoms with E-state index < -0.39 is 5.97 Å². The number of carboxylic acid groups (broad SMARTS) is 1. The van der Waals surface area contributed by atoms with Gasteiger partial charge in [0.2, 0.25) is 0 Å². The molecule has 0 spiro atoms. The largest absolute Gasteiger partial charge is 0.478 e. The molecule has 4 N–H and O–H groups in total. The highest BCUT2D eigenvalue weighted by atomic mass is 16.4. The van der Waals surface area contributed by atoms with E-state index in [1.807, 2.05) is 0 Å². The summed E-state index contributed by atoms with van der Waals surface area (Å²) in [5.74, 6) is -0.495. The Kier molecular flexibility index (Phi) is 3.43. The normalized spacial score (nSPS) is 16.7. The number of hydrogen-bond acceptors (Lipinski definition) is 5. The molecular formula is C11H16N4O2. The fourth-order valence-electron chi connectivity index (χ4n) is 1.85. The van der Waals surface area contributed by atoms with Gasteiger partial charge in [-0.05, 0) is 18.9 Å². The Balaban J connectivity index is 2.08. The number of carbonyl (C=O) groups is 1. The van der Waals surface area contributed by atoms with Gasteiger partial charge >= 0.3 is 5.97 Å². The summed E-state index contributed by atoms with van der Waals surface area (Å²) in [5, 5.41) is 10.9. The molecule has 0 amide bonds. The third-order valence-corrected chi connectivity index (χ3v) is 2.78. The molecular weight excluding hydrogens is 220 g/mol. The number of rotatable bonds is 3. The van der Waals surface area contributed by atoms with Crippen LogP contribution in [-0.2, 0) is 0 Å². The lowest BCUT2D eigenvalue weighted by Gasteiger charge is -2.27. The summed E-state index contributed by atoms with van der Waals surface area (Å²) >= 11 is 0. The first-order valence-electron chi connectivity index (χ1n) is 5.67. The predicted molar refractivity (Wildman–Crippen MR) is 64.7 cm³/mol. The number of aromatic nitrogens is 1. The zero-order valence-corrected chi connectivity index (χ0v) is 9.52. The van der Waals surface area contributed by atoms with Crippen LogP contribution in [0.25, 0.3) is 0 Å². The Morgan fingerprint density at radius 1 is 1.41 bits per heavy atom. The molecule has 1 fully saturated rings. The van der Waals surface area contributed by atoms with Crippen LogP contribution >= 0.6 is 0 Å². The van der Waals surface area contributed by atoms with E-state index in [1.165, 1.54) is 18.7 Å². The van der Waals surface area contributed by atoms with Crippen LogP contribution < -0.4 is 11.2 Å². The van der Waals surface area contributed by atoms with Gasteiger partial charge in [0.05, 0.1) is 11.3 Å². The van der Waals surface area contributed by atoms with Crippen LogP contribution in [0.4, 0.5) is 11.5 Å². The first-order chi connectivity index (χ1) is 8.16. The molecule has 2 rings (SSSR count). The maximum Gasteiger partial charge on any atom is 0.337 e. The van der Waals surface area contributed by atoms with Crippen LogP contribution in [0.2, 0.25) is 0 Å². The van der Waals surface area contributed by atoms with E-state index in [2.05, 4.69) is 15.4 Å². The lowest BCUT2D eigenvalue weighted by atomic mass is 10.2. The molecule has 0 radical (unpaired) electrons. The molecule has 6 nitrogen and oxygen atoms in total. The number of hydrazine groups is 1. The summed E-state index contributed by atoms with van der Waals surface area (Å²) in [7, 11) is 0. The Bertz CT molecular complexity index is 416. The molecule has 1 aromatic heterocycles. The maximum atomic E-state index is 10.7. The average molecular weight is 236 g/mol. The second-order valence-electron chi connectivity index (χ2n) is 4.13. The third kappa shape index (κ3) is 2.85. The first-order valence-corrected chi connectivity index (χ1v) is 5.67. The number of hydrogen-bond donors (Lipinski definition) is 3. The van der Waals surface area contributed by atoms with E-state index >= 15 is 0 Å². The van der Waals surface area contributed by atoms with Crippen LogP contribution in [0.5, 0.6) is 0 Å². The Hall–Kier alpha value is -1.82. The molecule has 2 heterocycles. The second kappa shape index (κ2) is 5.01. The summed E-state index contributed by atoms with van der Waals surface area (Å²) in [4.78, 5) is 14.8. The van der Waals surface area contributed by atoms with Crippen molar-refractivity contribution in [2.45, 2.75) is 19.3 Å². The van der Waals surface area contributed by atoms with Gasteiger partial charge in [-0.1, -0.05) is 6.42 Å². The van der Waals surface area contributed by atoms with Crippen LogP contribution in [0.15, 0.2) is 12.3 Å². The van der Waals surface area contributed by atoms with Gasteiger partial charge in [0, 0.05) is 19.3 Å². The number of piperidine rings is 1. The molecule has 0 aliphatic carbocycles. The number of aromatic carboxylic acids is 1. The monoisotopic (exact) mass is 236 g/mol. The fourth-order valence-corrected chi connectivity index (χ4v) is 1.85. The van der Waals surface area contributed by atoms with Gasteiger partial charge in [-0.3, -0.25) is 0 Å². The number of nitrogens with zero attached hydrogens (tertiary/aromatic N) is 2. The zero-order chi connectivity index (χ0) is 12.3. The molecule has 1 saturated heterocycles. The van der Waals surface area contributed by atoms with Crippen molar-refractivity contribution in [3.8, 4) is 0 Å². The van der Waals surface area contributed by atoms with Gasteiger partial charge in [-0.15, -0.1) is 0 Å². The van der Waals surface area contributed by atoms with Crippen LogP contribution in [0.1, 0.15) is 29.6 Å². The SMILES string of the molecule is Nc1cc(C(=O)O)cnc1NN1CCCCC1. The van der Waals surface area contributed by atoms with Crippen molar-refractivity contribution < 1.29 is 9.90 Å². The fraction of sp³-hybridized carbons (Fsp3) is 0.455. The summed E-state index contributed by atoms with van der Waals surface area (Å²) < 4.78 is 0. The van der Waals surface area contributed by atoms with Crippen molar-refractivity contribution in [1.82, 2.24) is 9.99 Å². The molecule has 1 aliphatic heterocycles. The van der Waals surface area contributed by atoms with Gasteiger partial charge in [0.15, 0.2) is 5.82 Å². The average Bonchev–Trinajstić information content (AvgIpc) is 2.33. The smallest absolute Gasteiger partial charge is 0.337 e. The third-order valence-electron chi connectivity index (χ3n) is 2.78. The molecule has 92 valence electrons. The van der Waals surface area contributed by atoms with E-state index in [9.17, 15) is 4.79 Å². The minimum Gasteiger partial charge on any atom is -0.478 e. The second-order valence-corrected chi connectivity index (χ2v) is 4.13. The summed E-state index contributed by atoms with van der Waals surface area (Å²) in [5.41, 5.74) is 9.34. The van der Waals surface area contributed by atoms with Gasteiger partial charge in [-0.25, -0.2) is 14.8 Å². The summed E-state index contributed by atoms with van der Waals surface area (Å²) in [6.45, 7) is 1.92. The summed E-state index contributed by atoms with van der Waals surface area (Å²) in [6, 6.07) is 1.42. The molecule has 6 heteroatoms. The van der Waals surface area contributed by atoms with E-state index in [0.717, 1.165) is 25.9 Å². The molecule has 1 aromatic rings. The van der Waals surface area contributed by atoms with E-state index in [0.29, 0.717) is 11.5 Å². The van der Waals surface area contributed by atoms with Crippen molar-refractivity contribution in [2.24, 2.45) is 0 Å². The molecule has 17 heavy (non-hydrogen) atoms. The molecule has 0 atom stereocenters. The van der Waals surface area contributed by atoms with E-state index in [4.69, 9.17) is 10.8 Å². The predicted octanol–water partition coefficient (Wildman–Crippen LogP) is 1.17. The highest BCUT2D eigenvalue weighted by Gasteiger charge is 2.13. The highest BCUT2D eigenvalue weighted by molar-refractivity contribution is 5.89. The van der Waals surface area contributed by atoms with Gasteiger partial charge in [0.25, 0.3) is 0 Å². The minimum atomic E-state index is -1.02. The lowest BCUT2D eigenvalue weighted by Crippen LogP contribution is -2.35. The van der Waals surface area contributed by atoms with Crippen molar-refractivity contribution in [3.05, 3.63) is 17.8 Å². The number of anilines is 2.